The number of carbonyl (C=O) groups excluding carboxylic acids is 1. The van der Waals surface area contributed by atoms with E-state index < -0.39 is 0 Å². The molecule has 3 aromatic rings. The Morgan fingerprint density at radius 2 is 1.84 bits per heavy atom. The van der Waals surface area contributed by atoms with Crippen molar-refractivity contribution in [3.8, 4) is 22.6 Å². The van der Waals surface area contributed by atoms with Crippen molar-refractivity contribution in [3.63, 3.8) is 0 Å². The highest BCUT2D eigenvalue weighted by molar-refractivity contribution is 6.22. The number of ether oxygens (including phenoxy) is 3. The van der Waals surface area contributed by atoms with Crippen LogP contribution in [0, 0.1) is 0 Å². The third-order valence-corrected chi connectivity index (χ3v) is 4.69. The van der Waals surface area contributed by atoms with Gasteiger partial charge in [-0.25, -0.2) is 0 Å². The van der Waals surface area contributed by atoms with Crippen molar-refractivity contribution >= 4 is 22.6 Å². The Hall–Kier alpha value is -3.27. The first-order chi connectivity index (χ1) is 12.2. The molecule has 0 spiro atoms. The molecule has 0 fully saturated rings. The van der Waals surface area contributed by atoms with E-state index in [1.54, 1.807) is 6.08 Å². The van der Waals surface area contributed by atoms with Crippen LogP contribution in [0.4, 0.5) is 0 Å². The molecule has 0 saturated heterocycles. The molecule has 25 heavy (non-hydrogen) atoms. The maximum absolute atomic E-state index is 12.8. The van der Waals surface area contributed by atoms with Crippen molar-refractivity contribution in [3.05, 3.63) is 65.4 Å². The largest absolute Gasteiger partial charge is 0.493 e. The molecule has 0 N–H and O–H groups in total. The van der Waals surface area contributed by atoms with Gasteiger partial charge in [0.2, 0.25) is 12.6 Å². The van der Waals surface area contributed by atoms with Gasteiger partial charge in [0.15, 0.2) is 17.3 Å². The van der Waals surface area contributed by atoms with Crippen molar-refractivity contribution in [1.29, 1.82) is 0 Å². The first-order valence-corrected chi connectivity index (χ1v) is 8.02. The number of carbonyl (C=O) groups is 1. The van der Waals surface area contributed by atoms with E-state index in [9.17, 15) is 4.79 Å². The molecule has 2 aliphatic rings. The molecular formula is C21H14O4. The normalized spacial score (nSPS) is 14.6. The van der Waals surface area contributed by atoms with Crippen LogP contribution in [-0.2, 0) is 4.74 Å². The van der Waals surface area contributed by atoms with Crippen LogP contribution >= 0.6 is 0 Å². The number of benzene rings is 3. The Bertz CT molecular complexity index is 1080. The molecule has 0 saturated carbocycles. The monoisotopic (exact) mass is 330 g/mol. The Balaban J connectivity index is 1.75. The zero-order valence-corrected chi connectivity index (χ0v) is 13.5. The van der Waals surface area contributed by atoms with Crippen LogP contribution in [0.15, 0.2) is 54.3 Å². The van der Waals surface area contributed by atoms with Gasteiger partial charge in [-0.2, -0.15) is 0 Å². The van der Waals surface area contributed by atoms with E-state index in [4.69, 9.17) is 14.2 Å². The summed E-state index contributed by atoms with van der Waals surface area (Å²) in [7, 11) is 1.52. The van der Waals surface area contributed by atoms with Gasteiger partial charge in [-0.05, 0) is 52.4 Å². The maximum Gasteiger partial charge on any atom is 0.231 e. The highest BCUT2D eigenvalue weighted by atomic mass is 16.7. The quantitative estimate of drug-likeness (QED) is 0.698. The summed E-state index contributed by atoms with van der Waals surface area (Å²) in [5.41, 5.74) is 3.61. The first kappa shape index (κ1) is 14.1. The summed E-state index contributed by atoms with van der Waals surface area (Å²) in [6, 6.07) is 15.9. The van der Waals surface area contributed by atoms with Crippen LogP contribution in [0.5, 0.6) is 11.5 Å². The lowest BCUT2D eigenvalue weighted by atomic mass is 9.88. The summed E-state index contributed by atoms with van der Waals surface area (Å²) in [4.78, 5) is 12.8. The fraction of sp³-hybridized carbons (Fsp3) is 0.0952. The van der Waals surface area contributed by atoms with Gasteiger partial charge in [0.1, 0.15) is 0 Å². The second-order valence-electron chi connectivity index (χ2n) is 6.08. The van der Waals surface area contributed by atoms with Crippen molar-refractivity contribution in [2.75, 3.05) is 13.9 Å². The van der Waals surface area contributed by atoms with E-state index in [1.165, 1.54) is 7.11 Å². The van der Waals surface area contributed by atoms with Crippen LogP contribution in [0.2, 0.25) is 0 Å². The van der Waals surface area contributed by atoms with Gasteiger partial charge in [-0.1, -0.05) is 24.3 Å². The van der Waals surface area contributed by atoms with E-state index in [0.717, 1.165) is 39.0 Å². The van der Waals surface area contributed by atoms with Crippen LogP contribution in [0.3, 0.4) is 0 Å². The van der Waals surface area contributed by atoms with E-state index in [0.29, 0.717) is 11.3 Å². The summed E-state index contributed by atoms with van der Waals surface area (Å²) >= 11 is 0. The van der Waals surface area contributed by atoms with Crippen molar-refractivity contribution in [2.45, 2.75) is 0 Å². The van der Waals surface area contributed by atoms with Gasteiger partial charge in [0.25, 0.3) is 0 Å². The number of allylic oxidation sites excluding steroid dienone is 1. The van der Waals surface area contributed by atoms with E-state index >= 15 is 0 Å². The summed E-state index contributed by atoms with van der Waals surface area (Å²) in [6.07, 6.45) is 1.80. The molecule has 0 radical (unpaired) electrons. The minimum absolute atomic E-state index is 0.0891. The van der Waals surface area contributed by atoms with Gasteiger partial charge in [0.05, 0.1) is 7.11 Å². The molecule has 1 heterocycles. The summed E-state index contributed by atoms with van der Waals surface area (Å²) < 4.78 is 16.1. The lowest BCUT2D eigenvalue weighted by molar-refractivity contribution is 0.0957. The van der Waals surface area contributed by atoms with Crippen LogP contribution in [-0.4, -0.2) is 19.7 Å². The van der Waals surface area contributed by atoms with Gasteiger partial charge in [0, 0.05) is 10.9 Å². The third-order valence-electron chi connectivity index (χ3n) is 4.69. The molecule has 3 aromatic carbocycles. The highest BCUT2D eigenvalue weighted by Crippen LogP contribution is 2.39. The molecule has 0 unspecified atom stereocenters. The molecule has 0 aromatic heterocycles. The second kappa shape index (κ2) is 5.11. The van der Waals surface area contributed by atoms with Crippen LogP contribution in [0.1, 0.15) is 15.9 Å². The molecule has 5 rings (SSSR count). The van der Waals surface area contributed by atoms with Crippen molar-refractivity contribution in [2.24, 2.45) is 0 Å². The molecule has 1 aliphatic heterocycles. The van der Waals surface area contributed by atoms with Crippen molar-refractivity contribution < 1.29 is 19.0 Å². The fourth-order valence-corrected chi connectivity index (χ4v) is 3.49. The predicted octanol–water partition coefficient (Wildman–Crippen LogP) is 4.42. The summed E-state index contributed by atoms with van der Waals surface area (Å²) in [5, 5.41) is 2.00. The molecule has 122 valence electrons. The third kappa shape index (κ3) is 2.04. The van der Waals surface area contributed by atoms with Gasteiger partial charge in [-0.3, -0.25) is 4.79 Å². The number of rotatable bonds is 2. The van der Waals surface area contributed by atoms with Crippen molar-refractivity contribution in [1.82, 2.24) is 0 Å². The minimum atomic E-state index is -0.0891. The number of Topliss-reactive ketones (excluding diaryl/α,β-unsaturated/α-hetero) is 1. The lowest BCUT2D eigenvalue weighted by Crippen LogP contribution is -2.10. The maximum atomic E-state index is 12.8. The van der Waals surface area contributed by atoms with E-state index in [1.807, 2.05) is 42.5 Å². The standard InChI is InChI=1S/C21H14O4/c1-23-19-10-14-4-2-3-13-7-15(8-16(20(13)14)21(19)22)12-5-6-17-18(9-12)25-11-24-17/h2-10H,11H2,1H3. The zero-order valence-electron chi connectivity index (χ0n) is 13.5. The molecule has 4 nitrogen and oxygen atoms in total. The smallest absolute Gasteiger partial charge is 0.231 e. The van der Waals surface area contributed by atoms with Crippen LogP contribution in [0.25, 0.3) is 28.0 Å². The summed E-state index contributed by atoms with van der Waals surface area (Å²) in [6.45, 7) is 0.242. The number of fused-ring (bicyclic) bond motifs is 1. The number of hydrogen-bond donors (Lipinski definition) is 0. The Morgan fingerprint density at radius 3 is 2.72 bits per heavy atom. The molecular weight excluding hydrogens is 316 g/mol. The van der Waals surface area contributed by atoms with Crippen LogP contribution < -0.4 is 9.47 Å². The zero-order chi connectivity index (χ0) is 17.0. The second-order valence-corrected chi connectivity index (χ2v) is 6.08. The first-order valence-electron chi connectivity index (χ1n) is 8.02. The molecule has 0 amide bonds. The molecule has 0 bridgehead atoms. The van der Waals surface area contributed by atoms with E-state index in [2.05, 4.69) is 6.07 Å². The average Bonchev–Trinajstić information content (AvgIpc) is 3.12. The Kier molecular flexibility index (Phi) is 2.88. The number of ketones is 1. The average molecular weight is 330 g/mol. The van der Waals surface area contributed by atoms with Gasteiger partial charge < -0.3 is 14.2 Å². The minimum Gasteiger partial charge on any atom is -0.493 e. The fourth-order valence-electron chi connectivity index (χ4n) is 3.49. The molecule has 4 heteroatoms. The Morgan fingerprint density at radius 1 is 0.960 bits per heavy atom. The predicted molar refractivity (Wildman–Crippen MR) is 94.8 cm³/mol. The molecule has 0 atom stereocenters. The van der Waals surface area contributed by atoms with E-state index in [-0.39, 0.29) is 12.6 Å². The topological polar surface area (TPSA) is 44.8 Å². The lowest BCUT2D eigenvalue weighted by Gasteiger charge is -2.17. The number of hydrogen-bond acceptors (Lipinski definition) is 4. The number of methoxy groups -OCH3 is 1. The Labute approximate surface area is 144 Å². The van der Waals surface area contributed by atoms with Gasteiger partial charge >= 0.3 is 0 Å². The molecule has 1 aliphatic carbocycles. The SMILES string of the molecule is COC1=Cc2cccc3cc(-c4ccc5c(c4)OCO5)cc(c23)C1=O. The highest BCUT2D eigenvalue weighted by Gasteiger charge is 2.24. The summed E-state index contributed by atoms with van der Waals surface area (Å²) in [5.74, 6) is 1.74. The van der Waals surface area contributed by atoms with Gasteiger partial charge in [-0.15, -0.1) is 0 Å².